The summed E-state index contributed by atoms with van der Waals surface area (Å²) in [4.78, 5) is 13.2. The van der Waals surface area contributed by atoms with E-state index in [4.69, 9.17) is 33.3 Å². The van der Waals surface area contributed by atoms with Crippen LogP contribution >= 0.6 is 23.8 Å². The van der Waals surface area contributed by atoms with Crippen molar-refractivity contribution in [2.45, 2.75) is 13.0 Å². The van der Waals surface area contributed by atoms with Gasteiger partial charge in [-0.25, -0.2) is 0 Å². The zero-order valence-corrected chi connectivity index (χ0v) is 17.2. The van der Waals surface area contributed by atoms with Gasteiger partial charge in [-0.3, -0.25) is 4.79 Å². The minimum absolute atomic E-state index is 0.309. The average molecular weight is 418 g/mol. The maximum Gasteiger partial charge on any atom is 0.255 e. The fourth-order valence-corrected chi connectivity index (χ4v) is 3.54. The Morgan fingerprint density at radius 3 is 2.57 bits per heavy atom. The van der Waals surface area contributed by atoms with Gasteiger partial charge in [-0.1, -0.05) is 29.8 Å². The fraction of sp³-hybridized carbons (Fsp3) is 0.200. The normalized spacial score (nSPS) is 16.1. The van der Waals surface area contributed by atoms with Crippen LogP contribution in [-0.2, 0) is 4.79 Å². The van der Waals surface area contributed by atoms with Crippen LogP contribution in [0, 0.1) is 0 Å². The molecule has 2 aromatic rings. The highest BCUT2D eigenvalue weighted by Crippen LogP contribution is 2.34. The zero-order chi connectivity index (χ0) is 20.3. The van der Waals surface area contributed by atoms with E-state index in [0.29, 0.717) is 38.6 Å². The Hall–Kier alpha value is -2.77. The number of anilines is 1. The number of allylic oxidation sites excluding steroid dienone is 1. The van der Waals surface area contributed by atoms with Crippen molar-refractivity contribution in [1.29, 1.82) is 0 Å². The highest BCUT2D eigenvalue weighted by Gasteiger charge is 2.32. The Bertz CT molecular complexity index is 961. The highest BCUT2D eigenvalue weighted by atomic mass is 35.5. The molecule has 0 aromatic heterocycles. The lowest BCUT2D eigenvalue weighted by Crippen LogP contribution is -2.45. The number of carbonyl (C=O) groups excluding carboxylic acids is 1. The second kappa shape index (κ2) is 8.50. The van der Waals surface area contributed by atoms with Crippen molar-refractivity contribution in [2.24, 2.45) is 0 Å². The topological polar surface area (TPSA) is 71.6 Å². The van der Waals surface area contributed by atoms with E-state index in [-0.39, 0.29) is 5.91 Å². The predicted molar refractivity (Wildman–Crippen MR) is 114 cm³/mol. The van der Waals surface area contributed by atoms with Gasteiger partial charge in [0.15, 0.2) is 5.11 Å². The molecule has 0 saturated heterocycles. The number of hydrogen-bond acceptors (Lipinski definition) is 4. The van der Waals surface area contributed by atoms with Crippen molar-refractivity contribution in [1.82, 2.24) is 10.6 Å². The number of hydrogen-bond donors (Lipinski definition) is 3. The monoisotopic (exact) mass is 417 g/mol. The SMILES string of the molecule is COc1ccc(Cl)cc1NC(=O)C1=C(C)NC(=S)N[C@@H]1c1ccccc1OC. The van der Waals surface area contributed by atoms with E-state index in [1.165, 1.54) is 7.11 Å². The van der Waals surface area contributed by atoms with Gasteiger partial charge in [-0.2, -0.15) is 0 Å². The predicted octanol–water partition coefficient (Wildman–Crippen LogP) is 3.79. The van der Waals surface area contributed by atoms with Crippen LogP contribution in [0.15, 0.2) is 53.7 Å². The number of rotatable bonds is 5. The van der Waals surface area contributed by atoms with Crippen molar-refractivity contribution in [3.8, 4) is 11.5 Å². The van der Waals surface area contributed by atoms with E-state index in [1.807, 2.05) is 24.3 Å². The minimum atomic E-state index is -0.477. The molecule has 28 heavy (non-hydrogen) atoms. The molecule has 0 aliphatic carbocycles. The van der Waals surface area contributed by atoms with E-state index in [2.05, 4.69) is 16.0 Å². The van der Waals surface area contributed by atoms with Crippen LogP contribution in [-0.4, -0.2) is 25.2 Å². The fourth-order valence-electron chi connectivity index (χ4n) is 3.10. The first-order valence-electron chi connectivity index (χ1n) is 8.50. The quantitative estimate of drug-likeness (QED) is 0.643. The first-order chi connectivity index (χ1) is 13.4. The van der Waals surface area contributed by atoms with Crippen LogP contribution in [0.4, 0.5) is 5.69 Å². The van der Waals surface area contributed by atoms with E-state index < -0.39 is 6.04 Å². The third-order valence-electron chi connectivity index (χ3n) is 4.37. The summed E-state index contributed by atoms with van der Waals surface area (Å²) < 4.78 is 10.8. The van der Waals surface area contributed by atoms with Gasteiger partial charge in [0.25, 0.3) is 5.91 Å². The van der Waals surface area contributed by atoms with Gasteiger partial charge < -0.3 is 25.4 Å². The van der Waals surface area contributed by atoms with Crippen LogP contribution < -0.4 is 25.4 Å². The van der Waals surface area contributed by atoms with Crippen LogP contribution in [0.3, 0.4) is 0 Å². The molecule has 146 valence electrons. The summed E-state index contributed by atoms with van der Waals surface area (Å²) in [5.74, 6) is 0.858. The molecule has 3 rings (SSSR count). The molecule has 0 unspecified atom stereocenters. The van der Waals surface area contributed by atoms with E-state index in [1.54, 1.807) is 32.2 Å². The number of ether oxygens (including phenoxy) is 2. The van der Waals surface area contributed by atoms with Crippen molar-refractivity contribution in [3.63, 3.8) is 0 Å². The molecule has 6 nitrogen and oxygen atoms in total. The summed E-state index contributed by atoms with van der Waals surface area (Å²) in [5.41, 5.74) is 2.42. The van der Waals surface area contributed by atoms with Gasteiger partial charge in [-0.05, 0) is 43.4 Å². The summed E-state index contributed by atoms with van der Waals surface area (Å²) >= 11 is 11.4. The molecule has 0 fully saturated rings. The first kappa shape index (κ1) is 20.0. The molecule has 0 saturated carbocycles. The third-order valence-corrected chi connectivity index (χ3v) is 4.83. The Morgan fingerprint density at radius 2 is 1.86 bits per heavy atom. The largest absolute Gasteiger partial charge is 0.496 e. The zero-order valence-electron chi connectivity index (χ0n) is 15.6. The molecule has 3 N–H and O–H groups in total. The Labute approximate surface area is 173 Å². The number of methoxy groups -OCH3 is 2. The lowest BCUT2D eigenvalue weighted by molar-refractivity contribution is -0.113. The standard InChI is InChI=1S/C20H20ClN3O3S/c1-11-17(19(25)23-14-10-12(21)8-9-16(14)27-3)18(24-20(28)22-11)13-6-4-5-7-15(13)26-2/h4-10,18H,1-3H3,(H,23,25)(H2,22,24,28)/t18-/m1/s1. The van der Waals surface area contributed by atoms with Crippen molar-refractivity contribution >= 4 is 40.5 Å². The van der Waals surface area contributed by atoms with Gasteiger partial charge in [0.05, 0.1) is 31.5 Å². The number of benzene rings is 2. The maximum atomic E-state index is 13.2. The molecular weight excluding hydrogens is 398 g/mol. The molecule has 0 spiro atoms. The summed E-state index contributed by atoms with van der Waals surface area (Å²) in [7, 11) is 3.12. The summed E-state index contributed by atoms with van der Waals surface area (Å²) in [5, 5.41) is 9.98. The Balaban J connectivity index is 2.01. The molecule has 1 heterocycles. The van der Waals surface area contributed by atoms with Crippen LogP contribution in [0.5, 0.6) is 11.5 Å². The second-order valence-electron chi connectivity index (χ2n) is 6.11. The number of para-hydroxylation sites is 1. The lowest BCUT2D eigenvalue weighted by Gasteiger charge is -2.31. The number of thiocarbonyl (C=S) groups is 1. The molecule has 0 bridgehead atoms. The van der Waals surface area contributed by atoms with Gasteiger partial charge in [0, 0.05) is 16.3 Å². The maximum absolute atomic E-state index is 13.2. The van der Waals surface area contributed by atoms with Gasteiger partial charge in [-0.15, -0.1) is 0 Å². The van der Waals surface area contributed by atoms with Crippen LogP contribution in [0.1, 0.15) is 18.5 Å². The van der Waals surface area contributed by atoms with Crippen LogP contribution in [0.2, 0.25) is 5.02 Å². The van der Waals surface area contributed by atoms with Gasteiger partial charge >= 0.3 is 0 Å². The Morgan fingerprint density at radius 1 is 1.14 bits per heavy atom. The molecule has 8 heteroatoms. The van der Waals surface area contributed by atoms with Crippen molar-refractivity contribution in [3.05, 3.63) is 64.3 Å². The van der Waals surface area contributed by atoms with Gasteiger partial charge in [0.1, 0.15) is 11.5 Å². The van der Waals surface area contributed by atoms with Crippen molar-refractivity contribution < 1.29 is 14.3 Å². The number of amides is 1. The molecule has 1 atom stereocenters. The average Bonchev–Trinajstić information content (AvgIpc) is 2.67. The third kappa shape index (κ3) is 4.05. The number of halogens is 1. The van der Waals surface area contributed by atoms with Crippen molar-refractivity contribution in [2.75, 3.05) is 19.5 Å². The molecule has 2 aromatic carbocycles. The first-order valence-corrected chi connectivity index (χ1v) is 9.29. The molecular formula is C20H20ClN3O3S. The van der Waals surface area contributed by atoms with Gasteiger partial charge in [0.2, 0.25) is 0 Å². The summed E-state index contributed by atoms with van der Waals surface area (Å²) in [6.45, 7) is 1.81. The van der Waals surface area contributed by atoms with E-state index in [0.717, 1.165) is 5.56 Å². The van der Waals surface area contributed by atoms with E-state index in [9.17, 15) is 4.79 Å². The smallest absolute Gasteiger partial charge is 0.255 e. The lowest BCUT2D eigenvalue weighted by atomic mass is 9.94. The molecule has 1 aliphatic heterocycles. The number of nitrogens with one attached hydrogen (secondary N) is 3. The number of carbonyl (C=O) groups is 1. The summed E-state index contributed by atoms with van der Waals surface area (Å²) in [6, 6.07) is 12.0. The minimum Gasteiger partial charge on any atom is -0.496 e. The molecule has 1 aliphatic rings. The molecule has 1 amide bonds. The van der Waals surface area contributed by atoms with E-state index >= 15 is 0 Å². The highest BCUT2D eigenvalue weighted by molar-refractivity contribution is 7.80. The van der Waals surface area contributed by atoms with Crippen LogP contribution in [0.25, 0.3) is 0 Å². The Kier molecular flexibility index (Phi) is 6.06. The second-order valence-corrected chi connectivity index (χ2v) is 6.96. The molecule has 0 radical (unpaired) electrons. The summed E-state index contributed by atoms with van der Waals surface area (Å²) in [6.07, 6.45) is 0.